The molecule has 0 atom stereocenters. The third-order valence-electron chi connectivity index (χ3n) is 6.84. The summed E-state index contributed by atoms with van der Waals surface area (Å²) in [5.41, 5.74) is 6.56. The molecule has 0 aliphatic carbocycles. The van der Waals surface area contributed by atoms with Crippen molar-refractivity contribution in [3.8, 4) is 23.1 Å². The van der Waals surface area contributed by atoms with E-state index < -0.39 is 7.12 Å². The molecule has 1 aromatic heterocycles. The Labute approximate surface area is 233 Å². The number of fused-ring (bicyclic) bond motifs is 2. The average molecular weight is 529 g/mol. The van der Waals surface area contributed by atoms with Crippen LogP contribution in [0.15, 0.2) is 66.7 Å². The molecule has 2 aliphatic heterocycles. The lowest BCUT2D eigenvalue weighted by molar-refractivity contribution is 0.275. The molecule has 0 unspecified atom stereocenters. The normalized spacial score (nSPS) is 12.9. The molecule has 0 bridgehead atoms. The minimum absolute atomic E-state index is 0.334. The molecule has 0 amide bonds. The SMILES string of the molecule is [C-]#[N+]c1ccc(Oc2ccc3c(c2)CCB3O)cc1C.[C-]#[N+]c1ccc(Oc2ccc3c(c2)COB3O)nc1C. The predicted molar refractivity (Wildman–Crippen MR) is 154 cm³/mol. The van der Waals surface area contributed by atoms with Crippen LogP contribution in [0, 0.1) is 27.0 Å². The molecule has 0 radical (unpaired) electrons. The van der Waals surface area contributed by atoms with Crippen LogP contribution >= 0.6 is 0 Å². The van der Waals surface area contributed by atoms with Gasteiger partial charge in [0.25, 0.3) is 0 Å². The lowest BCUT2D eigenvalue weighted by atomic mass is 9.63. The zero-order valence-corrected chi connectivity index (χ0v) is 22.1. The Morgan fingerprint density at radius 2 is 1.45 bits per heavy atom. The zero-order chi connectivity index (χ0) is 28.2. The monoisotopic (exact) mass is 529 g/mol. The molecule has 2 aliphatic rings. The number of aromatic nitrogens is 1. The smallest absolute Gasteiger partial charge is 0.457 e. The van der Waals surface area contributed by atoms with Crippen molar-refractivity contribution in [3.05, 3.63) is 112 Å². The first-order valence-corrected chi connectivity index (χ1v) is 12.8. The van der Waals surface area contributed by atoms with E-state index in [9.17, 15) is 10.0 Å². The van der Waals surface area contributed by atoms with Gasteiger partial charge in [-0.3, -0.25) is 0 Å². The molecular formula is C30H25B2N3O5. The summed E-state index contributed by atoms with van der Waals surface area (Å²) in [6, 6.07) is 20.0. The Balaban J connectivity index is 0.000000161. The second-order valence-corrected chi connectivity index (χ2v) is 9.57. The molecular weight excluding hydrogens is 504 g/mol. The maximum absolute atomic E-state index is 9.79. The summed E-state index contributed by atoms with van der Waals surface area (Å²) in [5, 5.41) is 19.3. The van der Waals surface area contributed by atoms with Gasteiger partial charge in [0, 0.05) is 5.69 Å². The third-order valence-corrected chi connectivity index (χ3v) is 6.84. The van der Waals surface area contributed by atoms with E-state index in [4.69, 9.17) is 27.3 Å². The van der Waals surface area contributed by atoms with Gasteiger partial charge < -0.3 is 24.2 Å². The number of hydrogen-bond acceptors (Lipinski definition) is 6. The number of ether oxygens (including phenoxy) is 2. The minimum atomic E-state index is -0.850. The fraction of sp³-hybridized carbons (Fsp3) is 0.167. The van der Waals surface area contributed by atoms with Gasteiger partial charge in [0.15, 0.2) is 5.69 Å². The van der Waals surface area contributed by atoms with Crippen molar-refractivity contribution < 1.29 is 24.2 Å². The van der Waals surface area contributed by atoms with E-state index in [1.54, 1.807) is 37.3 Å². The lowest BCUT2D eigenvalue weighted by Crippen LogP contribution is -2.27. The zero-order valence-electron chi connectivity index (χ0n) is 22.1. The molecule has 6 rings (SSSR count). The van der Waals surface area contributed by atoms with Crippen molar-refractivity contribution in [2.45, 2.75) is 33.2 Å². The molecule has 0 saturated heterocycles. The van der Waals surface area contributed by atoms with Crippen LogP contribution in [-0.2, 0) is 17.7 Å². The minimum Gasteiger partial charge on any atom is -0.457 e. The highest BCUT2D eigenvalue weighted by atomic mass is 16.5. The van der Waals surface area contributed by atoms with Crippen molar-refractivity contribution >= 4 is 36.3 Å². The van der Waals surface area contributed by atoms with Crippen molar-refractivity contribution in [2.75, 3.05) is 0 Å². The highest BCUT2D eigenvalue weighted by Crippen LogP contribution is 2.29. The van der Waals surface area contributed by atoms with Gasteiger partial charge in [0.1, 0.15) is 17.2 Å². The summed E-state index contributed by atoms with van der Waals surface area (Å²) in [6.45, 7) is 17.7. The molecule has 3 aromatic carbocycles. The first kappa shape index (κ1) is 27.0. The first-order chi connectivity index (χ1) is 19.3. The van der Waals surface area contributed by atoms with Gasteiger partial charge in [0.2, 0.25) is 11.6 Å². The number of nitrogens with zero attached hydrogens (tertiary/aromatic N) is 3. The van der Waals surface area contributed by atoms with Gasteiger partial charge in [-0.2, -0.15) is 0 Å². The summed E-state index contributed by atoms with van der Waals surface area (Å²) in [6.07, 6.45) is 1.68. The van der Waals surface area contributed by atoms with E-state index in [0.29, 0.717) is 35.3 Å². The lowest BCUT2D eigenvalue weighted by Gasteiger charge is -2.09. The summed E-state index contributed by atoms with van der Waals surface area (Å²) < 4.78 is 16.6. The van der Waals surface area contributed by atoms with Crippen LogP contribution in [0.3, 0.4) is 0 Å². The Morgan fingerprint density at radius 3 is 2.17 bits per heavy atom. The number of benzene rings is 3. The van der Waals surface area contributed by atoms with E-state index in [1.807, 2.05) is 43.3 Å². The summed E-state index contributed by atoms with van der Waals surface area (Å²) in [5.74, 6) is 2.57. The molecule has 10 heteroatoms. The maximum Gasteiger partial charge on any atom is 0.491 e. The summed E-state index contributed by atoms with van der Waals surface area (Å²) >= 11 is 0. The first-order valence-electron chi connectivity index (χ1n) is 12.8. The van der Waals surface area contributed by atoms with Crippen LogP contribution in [0.25, 0.3) is 9.69 Å². The van der Waals surface area contributed by atoms with Crippen molar-refractivity contribution in [1.29, 1.82) is 0 Å². The van der Waals surface area contributed by atoms with E-state index in [-0.39, 0.29) is 6.92 Å². The van der Waals surface area contributed by atoms with Gasteiger partial charge in [-0.15, -0.1) is 0 Å². The van der Waals surface area contributed by atoms with Gasteiger partial charge >= 0.3 is 14.0 Å². The van der Waals surface area contributed by atoms with Crippen LogP contribution < -0.4 is 20.4 Å². The third kappa shape index (κ3) is 5.85. The largest absolute Gasteiger partial charge is 0.491 e. The molecule has 0 saturated carbocycles. The van der Waals surface area contributed by atoms with Gasteiger partial charge in [-0.1, -0.05) is 18.2 Å². The van der Waals surface area contributed by atoms with Crippen molar-refractivity contribution in [1.82, 2.24) is 4.98 Å². The fourth-order valence-corrected chi connectivity index (χ4v) is 4.68. The number of pyridine rings is 1. The number of rotatable bonds is 4. The second kappa shape index (κ2) is 11.6. The Morgan fingerprint density at radius 1 is 0.800 bits per heavy atom. The highest BCUT2D eigenvalue weighted by Gasteiger charge is 2.27. The van der Waals surface area contributed by atoms with Crippen LogP contribution in [0.1, 0.15) is 22.4 Å². The second-order valence-electron chi connectivity index (χ2n) is 9.57. The standard InChI is InChI=1S/C16H14BNO2.C14H11BN2O3/c1-11-9-13(4-6-16(11)18-2)20-14-3-5-15-12(10-14)7-8-17(15)19;1-9-13(16-2)5-6-14(17-9)20-11-3-4-12-10(7-11)8-19-15(12)18/h3-6,9-10,19H,7-8H2,1H3;3-7,18H,8H2,1H3. The number of aryl methyl sites for hydroxylation is 3. The van der Waals surface area contributed by atoms with Crippen LogP contribution in [0.5, 0.6) is 23.1 Å². The quantitative estimate of drug-likeness (QED) is 0.285. The van der Waals surface area contributed by atoms with Crippen molar-refractivity contribution in [3.63, 3.8) is 0 Å². The van der Waals surface area contributed by atoms with E-state index in [1.165, 1.54) is 0 Å². The van der Waals surface area contributed by atoms with Gasteiger partial charge in [-0.05, 0) is 103 Å². The molecule has 2 N–H and O–H groups in total. The fourth-order valence-electron chi connectivity index (χ4n) is 4.68. The van der Waals surface area contributed by atoms with E-state index >= 15 is 0 Å². The van der Waals surface area contributed by atoms with Crippen molar-refractivity contribution in [2.24, 2.45) is 0 Å². The van der Waals surface area contributed by atoms with Gasteiger partial charge in [-0.25, -0.2) is 14.7 Å². The molecule has 3 heterocycles. The highest BCUT2D eigenvalue weighted by molar-refractivity contribution is 6.68. The molecule has 40 heavy (non-hydrogen) atoms. The summed E-state index contributed by atoms with van der Waals surface area (Å²) in [7, 11) is -0.850. The summed E-state index contributed by atoms with van der Waals surface area (Å²) in [4.78, 5) is 11.0. The number of hydrogen-bond donors (Lipinski definition) is 2. The topological polar surface area (TPSA) is 89.8 Å². The Kier molecular flexibility index (Phi) is 7.86. The molecule has 0 spiro atoms. The van der Waals surface area contributed by atoms with Gasteiger partial charge in [0.05, 0.1) is 19.8 Å². The molecule has 4 aromatic rings. The molecule has 0 fully saturated rings. The van der Waals surface area contributed by atoms with Crippen LogP contribution in [-0.4, -0.2) is 29.1 Å². The Hall–Kier alpha value is -4.60. The predicted octanol–water partition coefficient (Wildman–Crippen LogP) is 5.04. The molecule has 196 valence electrons. The van der Waals surface area contributed by atoms with E-state index in [0.717, 1.165) is 51.9 Å². The Bertz CT molecular complexity index is 1540. The van der Waals surface area contributed by atoms with Crippen LogP contribution in [0.2, 0.25) is 6.32 Å². The van der Waals surface area contributed by atoms with E-state index in [2.05, 4.69) is 14.7 Å². The average Bonchev–Trinajstić information content (AvgIpc) is 3.50. The molecule has 8 nitrogen and oxygen atoms in total. The maximum atomic E-state index is 9.79. The van der Waals surface area contributed by atoms with Crippen LogP contribution in [0.4, 0.5) is 11.4 Å².